The number of nitrogens with two attached hydrogens (primary N) is 1. The Kier molecular flexibility index (Phi) is 8.20. The van der Waals surface area contributed by atoms with Crippen LogP contribution in [0.1, 0.15) is 19.3 Å². The molecular weight excluding hydrogens is 630 g/mol. The highest BCUT2D eigenvalue weighted by Gasteiger charge is 2.38. The Labute approximate surface area is 273 Å². The van der Waals surface area contributed by atoms with Crippen molar-refractivity contribution in [2.24, 2.45) is 5.92 Å². The summed E-state index contributed by atoms with van der Waals surface area (Å²) >= 11 is 1.08. The van der Waals surface area contributed by atoms with Crippen LogP contribution in [0.25, 0.3) is 32.4 Å². The zero-order chi connectivity index (χ0) is 32.2. The summed E-state index contributed by atoms with van der Waals surface area (Å²) in [6.45, 7) is 5.92. The molecule has 15 heteroatoms. The molecule has 0 aliphatic carbocycles. The molecule has 0 saturated carbocycles. The zero-order valence-corrected chi connectivity index (χ0v) is 27.0. The highest BCUT2D eigenvalue weighted by atomic mass is 32.1. The molecule has 3 N–H and O–H groups in total. The number of ether oxygens (including phenoxy) is 3. The lowest BCUT2D eigenvalue weighted by Crippen LogP contribution is -2.64. The molecule has 4 unspecified atom stereocenters. The average molecular weight is 669 g/mol. The number of benzene rings is 1. The molecule has 12 nitrogen and oxygen atoms in total. The van der Waals surface area contributed by atoms with Gasteiger partial charge >= 0.3 is 6.01 Å². The number of thiazole rings is 1. The third-order valence-corrected chi connectivity index (χ3v) is 10.8. The van der Waals surface area contributed by atoms with Gasteiger partial charge in [0.05, 0.1) is 67.0 Å². The number of pyridine rings is 1. The van der Waals surface area contributed by atoms with Gasteiger partial charge in [0.2, 0.25) is 0 Å². The standard InChI is InChI=1S/C25H26FN7O4S.C7H12FN/c1-35-25-29-17-4-18(15-2-3-16(26)21-20(15)30-24(27)38-21)32(7-12-8-36-9-12)23(34)19(17)22(31-25)33-13-5-28-6-14(33)11-37-10-13;8-6-4-7-2-1-3-9(7)5-6/h2-4,12-14,28H,5-11H2,1H3,(H2,27,30);6-7H,1-5H2. The van der Waals surface area contributed by atoms with Crippen molar-refractivity contribution >= 4 is 43.4 Å². The maximum Gasteiger partial charge on any atom is 0.318 e. The van der Waals surface area contributed by atoms with Gasteiger partial charge < -0.3 is 34.7 Å². The summed E-state index contributed by atoms with van der Waals surface area (Å²) in [5.74, 6) is 0.317. The van der Waals surface area contributed by atoms with Gasteiger partial charge in [-0.15, -0.1) is 0 Å². The summed E-state index contributed by atoms with van der Waals surface area (Å²) in [4.78, 5) is 32.6. The van der Waals surface area contributed by atoms with Gasteiger partial charge in [0.25, 0.3) is 5.56 Å². The predicted octanol–water partition coefficient (Wildman–Crippen LogP) is 2.81. The zero-order valence-electron chi connectivity index (χ0n) is 26.2. The maximum atomic E-state index is 14.6. The van der Waals surface area contributed by atoms with Gasteiger partial charge in [-0.3, -0.25) is 9.69 Å². The molecule has 5 aliphatic rings. The van der Waals surface area contributed by atoms with Gasteiger partial charge in [0.15, 0.2) is 5.13 Å². The number of methoxy groups -OCH3 is 1. The van der Waals surface area contributed by atoms with E-state index >= 15 is 0 Å². The van der Waals surface area contributed by atoms with Gasteiger partial charge in [-0.2, -0.15) is 9.97 Å². The molecular formula is C32H38F2N8O4S. The van der Waals surface area contributed by atoms with E-state index in [1.54, 1.807) is 10.6 Å². The smallest absolute Gasteiger partial charge is 0.318 e. The second-order valence-corrected chi connectivity index (χ2v) is 14.0. The Morgan fingerprint density at radius 3 is 2.62 bits per heavy atom. The Balaban J connectivity index is 0.000000309. The molecule has 9 rings (SSSR count). The van der Waals surface area contributed by atoms with E-state index in [9.17, 15) is 13.6 Å². The number of hydrogen-bond acceptors (Lipinski definition) is 12. The molecule has 250 valence electrons. The van der Waals surface area contributed by atoms with Crippen molar-refractivity contribution in [1.29, 1.82) is 0 Å². The van der Waals surface area contributed by atoms with Crippen molar-refractivity contribution in [2.45, 2.75) is 50.1 Å². The highest BCUT2D eigenvalue weighted by molar-refractivity contribution is 7.22. The van der Waals surface area contributed by atoms with Crippen LogP contribution in [0.5, 0.6) is 6.01 Å². The predicted molar refractivity (Wildman–Crippen MR) is 175 cm³/mol. The number of nitrogen functional groups attached to an aromatic ring is 1. The number of halogens is 2. The first kappa shape index (κ1) is 30.8. The van der Waals surface area contributed by atoms with Gasteiger partial charge in [-0.1, -0.05) is 11.3 Å². The SMILES string of the molecule is COc1nc(N2C3CNCC2COC3)c2c(=O)n(CC3COC3)c(-c3ccc(F)c4sc(N)nc34)cc2n1.FC1CC2CCCN2C1. The fourth-order valence-corrected chi connectivity index (χ4v) is 8.40. The van der Waals surface area contributed by atoms with Crippen LogP contribution < -0.4 is 26.2 Å². The molecule has 2 bridgehead atoms. The number of nitrogens with one attached hydrogen (secondary N) is 1. The summed E-state index contributed by atoms with van der Waals surface area (Å²) in [6, 6.07) is 5.69. The number of rotatable bonds is 5. The maximum absolute atomic E-state index is 14.6. The topological polar surface area (TPSA) is 133 Å². The number of nitrogens with zero attached hydrogens (tertiary/aromatic N) is 6. The first-order valence-electron chi connectivity index (χ1n) is 16.2. The molecule has 0 amide bonds. The minimum atomic E-state index is -0.518. The lowest BCUT2D eigenvalue weighted by atomic mass is 10.0. The molecule has 5 fully saturated rings. The van der Waals surface area contributed by atoms with E-state index in [4.69, 9.17) is 24.9 Å². The van der Waals surface area contributed by atoms with Crippen LogP contribution in [-0.4, -0.2) is 108 Å². The lowest BCUT2D eigenvalue weighted by molar-refractivity contribution is -0.0395. The number of aromatic nitrogens is 4. The van der Waals surface area contributed by atoms with E-state index in [2.05, 4.69) is 25.1 Å². The monoisotopic (exact) mass is 668 g/mol. The van der Waals surface area contributed by atoms with Crippen molar-refractivity contribution in [3.8, 4) is 17.3 Å². The fourth-order valence-electron chi connectivity index (χ4n) is 7.64. The van der Waals surface area contributed by atoms with E-state index in [1.165, 1.54) is 26.0 Å². The quantitative estimate of drug-likeness (QED) is 0.326. The Morgan fingerprint density at radius 1 is 1.11 bits per heavy atom. The summed E-state index contributed by atoms with van der Waals surface area (Å²) in [6.07, 6.45) is 2.81. The van der Waals surface area contributed by atoms with Crippen LogP contribution in [0, 0.1) is 11.7 Å². The number of morpholine rings is 1. The lowest BCUT2D eigenvalue weighted by Gasteiger charge is -2.46. The Bertz CT molecular complexity index is 1830. The fraction of sp³-hybridized carbons (Fsp3) is 0.562. The minimum absolute atomic E-state index is 0.0209. The van der Waals surface area contributed by atoms with Crippen LogP contribution in [0.4, 0.5) is 19.7 Å². The molecule has 5 saturated heterocycles. The number of piperazine rings is 1. The van der Waals surface area contributed by atoms with Crippen molar-refractivity contribution < 1.29 is 23.0 Å². The van der Waals surface area contributed by atoms with Gasteiger partial charge in [-0.05, 0) is 44.0 Å². The highest BCUT2D eigenvalue weighted by Crippen LogP contribution is 2.37. The van der Waals surface area contributed by atoms with E-state index in [-0.39, 0.29) is 34.7 Å². The third-order valence-electron chi connectivity index (χ3n) is 9.91. The van der Waals surface area contributed by atoms with Crippen LogP contribution in [0.3, 0.4) is 0 Å². The first-order chi connectivity index (χ1) is 22.9. The van der Waals surface area contributed by atoms with E-state index in [1.807, 2.05) is 6.07 Å². The molecule has 8 heterocycles. The molecule has 0 spiro atoms. The summed E-state index contributed by atoms with van der Waals surface area (Å²) in [7, 11) is 1.51. The van der Waals surface area contributed by atoms with E-state index in [0.717, 1.165) is 37.4 Å². The van der Waals surface area contributed by atoms with Crippen LogP contribution in [-0.2, 0) is 16.0 Å². The average Bonchev–Trinajstić information content (AvgIpc) is 3.74. The molecule has 47 heavy (non-hydrogen) atoms. The van der Waals surface area contributed by atoms with Crippen molar-refractivity contribution in [3.05, 3.63) is 34.4 Å². The molecule has 5 aliphatic heterocycles. The van der Waals surface area contributed by atoms with Crippen molar-refractivity contribution in [3.63, 3.8) is 0 Å². The minimum Gasteiger partial charge on any atom is -0.467 e. The summed E-state index contributed by atoms with van der Waals surface area (Å²) in [5, 5.41) is 4.12. The second-order valence-electron chi connectivity index (χ2n) is 13.0. The summed E-state index contributed by atoms with van der Waals surface area (Å²) in [5.41, 5.74) is 7.80. The largest absolute Gasteiger partial charge is 0.467 e. The molecule has 4 atom stereocenters. The normalized spacial score (nSPS) is 25.9. The second kappa shape index (κ2) is 12.5. The van der Waals surface area contributed by atoms with E-state index < -0.39 is 12.0 Å². The van der Waals surface area contributed by atoms with E-state index in [0.29, 0.717) is 83.8 Å². The number of fused-ring (bicyclic) bond motifs is 5. The van der Waals surface area contributed by atoms with Crippen molar-refractivity contribution in [2.75, 3.05) is 70.3 Å². The molecule has 1 aromatic carbocycles. The molecule has 4 aromatic rings. The first-order valence-corrected chi connectivity index (χ1v) is 17.1. The molecule has 3 aromatic heterocycles. The third kappa shape index (κ3) is 5.61. The summed E-state index contributed by atoms with van der Waals surface area (Å²) < 4.78 is 46.0. The van der Waals surface area contributed by atoms with Crippen molar-refractivity contribution in [1.82, 2.24) is 29.7 Å². The molecule has 0 radical (unpaired) electrons. The Morgan fingerprint density at radius 2 is 1.89 bits per heavy atom. The number of alkyl halides is 1. The number of hydrogen-bond donors (Lipinski definition) is 2. The van der Waals surface area contributed by atoms with Crippen LogP contribution >= 0.6 is 11.3 Å². The number of anilines is 2. The van der Waals surface area contributed by atoms with Gasteiger partial charge in [0, 0.05) is 43.7 Å². The van der Waals surface area contributed by atoms with Crippen LogP contribution in [0.2, 0.25) is 0 Å². The van der Waals surface area contributed by atoms with Crippen LogP contribution in [0.15, 0.2) is 23.0 Å². The Hall–Kier alpha value is -3.50. The van der Waals surface area contributed by atoms with Gasteiger partial charge in [0.1, 0.15) is 23.2 Å². The van der Waals surface area contributed by atoms with Gasteiger partial charge in [-0.25, -0.2) is 13.8 Å².